The van der Waals surface area contributed by atoms with Gasteiger partial charge in [-0.05, 0) is 35.9 Å². The van der Waals surface area contributed by atoms with Crippen molar-refractivity contribution in [1.29, 1.82) is 0 Å². The summed E-state index contributed by atoms with van der Waals surface area (Å²) in [5.41, 5.74) is 0.375. The van der Waals surface area contributed by atoms with E-state index in [-0.39, 0.29) is 11.3 Å². The lowest BCUT2D eigenvalue weighted by Gasteiger charge is -2.34. The average Bonchev–Trinajstić information content (AvgIpc) is 2.60. The largest absolute Gasteiger partial charge is 0.755 e. The molecule has 0 radical (unpaired) electrons. The molecule has 0 aliphatic carbocycles. The molecule has 2 aromatic rings. The first-order chi connectivity index (χ1) is 13.3. The number of carbonyl (C=O) groups excluding carboxylic acids is 1. The fourth-order valence-corrected chi connectivity index (χ4v) is 3.41. The SMILES string of the molecule is O=C(c1ccc(NS(=O)[O-])cc1F)N1CCN(Cc2cc(F)cc(F)c2)CC1. The van der Waals surface area contributed by atoms with Gasteiger partial charge in [-0.1, -0.05) is 0 Å². The van der Waals surface area contributed by atoms with E-state index in [0.29, 0.717) is 38.3 Å². The number of hydrogen-bond acceptors (Lipinski definition) is 4. The normalized spacial score (nSPS) is 16.1. The zero-order chi connectivity index (χ0) is 20.3. The highest BCUT2D eigenvalue weighted by Crippen LogP contribution is 2.18. The van der Waals surface area contributed by atoms with Gasteiger partial charge < -0.3 is 14.2 Å². The van der Waals surface area contributed by atoms with Gasteiger partial charge in [-0.2, -0.15) is 0 Å². The molecule has 1 fully saturated rings. The van der Waals surface area contributed by atoms with Gasteiger partial charge in [0.25, 0.3) is 5.91 Å². The van der Waals surface area contributed by atoms with Gasteiger partial charge in [0.15, 0.2) is 0 Å². The second kappa shape index (κ2) is 8.72. The molecule has 1 unspecified atom stereocenters. The van der Waals surface area contributed by atoms with Crippen molar-refractivity contribution in [2.75, 3.05) is 30.9 Å². The standard InChI is InChI=1S/C18H18F3N3O3S/c19-13-7-12(8-14(20)9-13)11-23-3-5-24(6-4-23)18(25)16-2-1-15(10-17(16)21)22-28(26)27/h1-2,7-10,22H,3-6,11H2,(H,26,27)/p-1. The molecule has 6 nitrogen and oxygen atoms in total. The quantitative estimate of drug-likeness (QED) is 0.765. The summed E-state index contributed by atoms with van der Waals surface area (Å²) < 4.78 is 64.0. The highest BCUT2D eigenvalue weighted by Gasteiger charge is 2.24. The van der Waals surface area contributed by atoms with Gasteiger partial charge in [0.05, 0.1) is 5.56 Å². The molecule has 150 valence electrons. The second-order valence-corrected chi connectivity index (χ2v) is 7.05. The monoisotopic (exact) mass is 412 g/mol. The Hall–Kier alpha value is -2.43. The third-order valence-corrected chi connectivity index (χ3v) is 4.79. The molecule has 0 bridgehead atoms. The van der Waals surface area contributed by atoms with Crippen LogP contribution in [0.25, 0.3) is 0 Å². The van der Waals surface area contributed by atoms with Crippen molar-refractivity contribution < 1.29 is 26.7 Å². The van der Waals surface area contributed by atoms with Crippen LogP contribution < -0.4 is 4.72 Å². The fourth-order valence-electron chi connectivity index (χ4n) is 3.09. The lowest BCUT2D eigenvalue weighted by atomic mass is 10.1. The van der Waals surface area contributed by atoms with E-state index in [2.05, 4.69) is 0 Å². The molecule has 0 aromatic heterocycles. The van der Waals surface area contributed by atoms with Gasteiger partial charge >= 0.3 is 0 Å². The first kappa shape index (κ1) is 20.3. The fraction of sp³-hybridized carbons (Fsp3) is 0.278. The Kier molecular flexibility index (Phi) is 6.32. The molecule has 3 rings (SSSR count). The number of nitrogens with zero attached hydrogens (tertiary/aromatic N) is 2. The smallest absolute Gasteiger partial charge is 0.256 e. The molecule has 10 heteroatoms. The van der Waals surface area contributed by atoms with E-state index in [1.165, 1.54) is 29.2 Å². The van der Waals surface area contributed by atoms with Crippen LogP contribution in [0.2, 0.25) is 0 Å². The number of benzene rings is 2. The molecular formula is C18H17F3N3O3S-. The van der Waals surface area contributed by atoms with E-state index in [0.717, 1.165) is 12.1 Å². The van der Waals surface area contributed by atoms with Crippen molar-refractivity contribution >= 4 is 22.9 Å². The molecule has 1 aliphatic heterocycles. The molecule has 0 spiro atoms. The maximum Gasteiger partial charge on any atom is 0.256 e. The lowest BCUT2D eigenvalue weighted by Crippen LogP contribution is -2.48. The van der Waals surface area contributed by atoms with Gasteiger partial charge in [-0.3, -0.25) is 13.9 Å². The van der Waals surface area contributed by atoms with Crippen LogP contribution in [0.4, 0.5) is 18.9 Å². The van der Waals surface area contributed by atoms with Crippen molar-refractivity contribution in [2.45, 2.75) is 6.54 Å². The first-order valence-electron chi connectivity index (χ1n) is 8.44. The summed E-state index contributed by atoms with van der Waals surface area (Å²) in [6.45, 7) is 1.96. The molecule has 1 saturated heterocycles. The predicted molar refractivity (Wildman–Crippen MR) is 96.5 cm³/mol. The van der Waals surface area contributed by atoms with Gasteiger partial charge in [-0.15, -0.1) is 0 Å². The highest BCUT2D eigenvalue weighted by atomic mass is 32.2. The van der Waals surface area contributed by atoms with Crippen LogP contribution in [0.5, 0.6) is 0 Å². The number of hydrogen-bond donors (Lipinski definition) is 1. The summed E-state index contributed by atoms with van der Waals surface area (Å²) >= 11 is -2.59. The van der Waals surface area contributed by atoms with Crippen LogP contribution in [-0.2, 0) is 17.8 Å². The van der Waals surface area contributed by atoms with Crippen molar-refractivity contribution in [1.82, 2.24) is 9.80 Å². The maximum atomic E-state index is 14.2. The summed E-state index contributed by atoms with van der Waals surface area (Å²) in [7, 11) is 0. The summed E-state index contributed by atoms with van der Waals surface area (Å²) in [6.07, 6.45) is 0. The molecular weight excluding hydrogens is 395 g/mol. The van der Waals surface area contributed by atoms with E-state index in [1.54, 1.807) is 0 Å². The van der Waals surface area contributed by atoms with E-state index in [4.69, 9.17) is 0 Å². The molecule has 1 atom stereocenters. The summed E-state index contributed by atoms with van der Waals surface area (Å²) in [4.78, 5) is 16.0. The number of anilines is 1. The van der Waals surface area contributed by atoms with Gasteiger partial charge in [0, 0.05) is 55.7 Å². The number of rotatable bonds is 5. The number of piperazine rings is 1. The Labute approximate surface area is 162 Å². The third kappa shape index (κ3) is 5.09. The number of halogens is 3. The highest BCUT2D eigenvalue weighted by molar-refractivity contribution is 7.80. The van der Waals surface area contributed by atoms with Crippen molar-refractivity contribution in [3.8, 4) is 0 Å². The number of nitrogens with one attached hydrogen (secondary N) is 1. The van der Waals surface area contributed by atoms with Gasteiger partial charge in [-0.25, -0.2) is 13.2 Å². The molecule has 0 saturated carbocycles. The Morgan fingerprint density at radius 2 is 1.68 bits per heavy atom. The van der Waals surface area contributed by atoms with Crippen LogP contribution in [0.1, 0.15) is 15.9 Å². The topological polar surface area (TPSA) is 75.7 Å². The molecule has 28 heavy (non-hydrogen) atoms. The number of amides is 1. The Balaban J connectivity index is 1.60. The van der Waals surface area contributed by atoms with E-state index < -0.39 is 34.6 Å². The van der Waals surface area contributed by atoms with E-state index in [1.807, 2.05) is 9.62 Å². The first-order valence-corrected chi connectivity index (χ1v) is 9.51. The molecule has 1 amide bonds. The number of carbonyl (C=O) groups is 1. The minimum absolute atomic E-state index is 0.0227. The zero-order valence-corrected chi connectivity index (χ0v) is 15.5. The van der Waals surface area contributed by atoms with Crippen LogP contribution in [0.3, 0.4) is 0 Å². The molecule has 1 heterocycles. The second-order valence-electron chi connectivity index (χ2n) is 6.38. The van der Waals surface area contributed by atoms with Crippen molar-refractivity contribution in [2.24, 2.45) is 0 Å². The zero-order valence-electron chi connectivity index (χ0n) is 14.7. The maximum absolute atomic E-state index is 14.2. The van der Waals surface area contributed by atoms with Crippen LogP contribution in [0, 0.1) is 17.5 Å². The molecule has 1 N–H and O–H groups in total. The minimum Gasteiger partial charge on any atom is -0.755 e. The van der Waals surface area contributed by atoms with Crippen LogP contribution in [0.15, 0.2) is 36.4 Å². The molecule has 2 aromatic carbocycles. The van der Waals surface area contributed by atoms with Crippen molar-refractivity contribution in [3.05, 3.63) is 65.0 Å². The van der Waals surface area contributed by atoms with E-state index >= 15 is 0 Å². The Bertz CT molecular complexity index is 885. The molecule has 1 aliphatic rings. The van der Waals surface area contributed by atoms with E-state index in [9.17, 15) is 26.7 Å². The summed E-state index contributed by atoms with van der Waals surface area (Å²) in [5, 5.41) is 0. The third-order valence-electron chi connectivity index (χ3n) is 4.39. The van der Waals surface area contributed by atoms with Crippen molar-refractivity contribution in [3.63, 3.8) is 0 Å². The minimum atomic E-state index is -2.59. The van der Waals surface area contributed by atoms with Crippen LogP contribution >= 0.6 is 0 Å². The summed E-state index contributed by atoms with van der Waals surface area (Å²) in [6, 6.07) is 6.82. The average molecular weight is 412 g/mol. The lowest BCUT2D eigenvalue weighted by molar-refractivity contribution is 0.0624. The predicted octanol–water partition coefficient (Wildman–Crippen LogP) is 2.27. The van der Waals surface area contributed by atoms with Gasteiger partial charge in [0.2, 0.25) is 0 Å². The summed E-state index contributed by atoms with van der Waals surface area (Å²) in [5.74, 6) is -2.60. The van der Waals surface area contributed by atoms with Crippen LogP contribution in [-0.4, -0.2) is 50.6 Å². The Morgan fingerprint density at radius 3 is 2.25 bits per heavy atom. The van der Waals surface area contributed by atoms with Gasteiger partial charge in [0.1, 0.15) is 17.5 Å². The Morgan fingerprint density at radius 1 is 1.04 bits per heavy atom.